The summed E-state index contributed by atoms with van der Waals surface area (Å²) in [6.07, 6.45) is -0.0687. The number of aryl methyl sites for hydroxylation is 1. The van der Waals surface area contributed by atoms with Crippen LogP contribution in [-0.4, -0.2) is 17.9 Å². The minimum atomic E-state index is -0.592. The molecule has 0 unspecified atom stereocenters. The van der Waals surface area contributed by atoms with E-state index >= 15 is 0 Å². The molecule has 25 heavy (non-hydrogen) atoms. The Morgan fingerprint density at radius 2 is 1.72 bits per heavy atom. The average Bonchev–Trinajstić information content (AvgIpc) is 2.57. The van der Waals surface area contributed by atoms with E-state index < -0.39 is 6.04 Å². The zero-order chi connectivity index (χ0) is 18.4. The van der Waals surface area contributed by atoms with Gasteiger partial charge in [-0.1, -0.05) is 30.3 Å². The predicted molar refractivity (Wildman–Crippen MR) is 98.6 cm³/mol. The Labute approximate surface area is 148 Å². The van der Waals surface area contributed by atoms with Crippen LogP contribution in [0.5, 0.6) is 5.75 Å². The minimum absolute atomic E-state index is 0.0687. The first-order valence-corrected chi connectivity index (χ1v) is 8.27. The van der Waals surface area contributed by atoms with Crippen LogP contribution in [0.15, 0.2) is 48.5 Å². The fourth-order valence-electron chi connectivity index (χ4n) is 2.46. The summed E-state index contributed by atoms with van der Waals surface area (Å²) in [5, 5.41) is 5.38. The first-order valence-electron chi connectivity index (χ1n) is 8.27. The van der Waals surface area contributed by atoms with Crippen LogP contribution >= 0.6 is 0 Å². The molecule has 0 aliphatic carbocycles. The van der Waals surface area contributed by atoms with Crippen molar-refractivity contribution in [3.63, 3.8) is 0 Å². The van der Waals surface area contributed by atoms with Crippen LogP contribution < -0.4 is 15.4 Å². The first kappa shape index (κ1) is 18.5. The van der Waals surface area contributed by atoms with Crippen molar-refractivity contribution in [2.45, 2.75) is 39.8 Å². The molecule has 0 spiro atoms. The number of benzene rings is 2. The van der Waals surface area contributed by atoms with Crippen LogP contribution in [0, 0.1) is 6.92 Å². The lowest BCUT2D eigenvalue weighted by Gasteiger charge is -2.17. The number of rotatable bonds is 6. The summed E-state index contributed by atoms with van der Waals surface area (Å²) in [6.45, 7) is 6.92. The van der Waals surface area contributed by atoms with Crippen LogP contribution in [0.4, 0.5) is 5.69 Å². The molecule has 5 heteroatoms. The molecular weight excluding hydrogens is 316 g/mol. The standard InChI is InChI=1S/C20H24N2O3/c1-13-12-18(25-15(3)17-8-6-5-7-9-17)10-11-19(13)22-20(24)14(2)21-16(4)23/h5-12,14-15H,1-4H3,(H,21,23)(H,22,24)/t14-,15-/m1/s1. The SMILES string of the molecule is CC(=O)N[C@H](C)C(=O)Nc1ccc(O[C@H](C)c2ccccc2)cc1C. The molecule has 2 aromatic rings. The Bertz CT molecular complexity index is 744. The average molecular weight is 340 g/mol. The highest BCUT2D eigenvalue weighted by molar-refractivity contribution is 5.97. The summed E-state index contributed by atoms with van der Waals surface area (Å²) in [5.41, 5.74) is 2.68. The Kier molecular flexibility index (Phi) is 6.17. The fourth-order valence-corrected chi connectivity index (χ4v) is 2.46. The van der Waals surface area contributed by atoms with Gasteiger partial charge in [0.15, 0.2) is 0 Å². The molecule has 2 amide bonds. The number of anilines is 1. The number of carbonyl (C=O) groups excluding carboxylic acids is 2. The van der Waals surface area contributed by atoms with E-state index in [4.69, 9.17) is 4.74 Å². The second-order valence-electron chi connectivity index (χ2n) is 6.06. The molecule has 0 fully saturated rings. The van der Waals surface area contributed by atoms with E-state index in [1.165, 1.54) is 6.92 Å². The Hall–Kier alpha value is -2.82. The van der Waals surface area contributed by atoms with Crippen molar-refractivity contribution in [3.05, 3.63) is 59.7 Å². The van der Waals surface area contributed by atoms with E-state index in [0.29, 0.717) is 5.69 Å². The molecule has 0 bridgehead atoms. The number of amides is 2. The molecule has 0 saturated heterocycles. The summed E-state index contributed by atoms with van der Waals surface area (Å²) in [7, 11) is 0. The third kappa shape index (κ3) is 5.35. The molecule has 0 saturated carbocycles. The van der Waals surface area contributed by atoms with Gasteiger partial charge >= 0.3 is 0 Å². The summed E-state index contributed by atoms with van der Waals surface area (Å²) in [5.74, 6) is 0.240. The Balaban J connectivity index is 2.03. The van der Waals surface area contributed by atoms with Crippen LogP contribution in [0.1, 0.15) is 38.0 Å². The van der Waals surface area contributed by atoms with E-state index in [2.05, 4.69) is 10.6 Å². The lowest BCUT2D eigenvalue weighted by atomic mass is 10.1. The van der Waals surface area contributed by atoms with Crippen molar-refractivity contribution < 1.29 is 14.3 Å². The molecule has 0 radical (unpaired) electrons. The molecule has 132 valence electrons. The number of carbonyl (C=O) groups is 2. The van der Waals surface area contributed by atoms with Crippen LogP contribution in [0.3, 0.4) is 0 Å². The van der Waals surface area contributed by atoms with Gasteiger partial charge in [0.2, 0.25) is 11.8 Å². The maximum atomic E-state index is 12.1. The smallest absolute Gasteiger partial charge is 0.246 e. The van der Waals surface area contributed by atoms with Crippen molar-refractivity contribution in [2.75, 3.05) is 5.32 Å². The molecule has 2 rings (SSSR count). The van der Waals surface area contributed by atoms with Crippen LogP contribution in [0.25, 0.3) is 0 Å². The summed E-state index contributed by atoms with van der Waals surface area (Å²) < 4.78 is 5.97. The highest BCUT2D eigenvalue weighted by Gasteiger charge is 2.15. The third-order valence-corrected chi connectivity index (χ3v) is 3.85. The molecule has 0 heterocycles. The van der Waals surface area contributed by atoms with E-state index in [9.17, 15) is 9.59 Å². The van der Waals surface area contributed by atoms with Gasteiger partial charge in [-0.2, -0.15) is 0 Å². The van der Waals surface area contributed by atoms with Crippen LogP contribution in [-0.2, 0) is 9.59 Å². The third-order valence-electron chi connectivity index (χ3n) is 3.85. The van der Waals surface area contributed by atoms with Gasteiger partial charge in [0.25, 0.3) is 0 Å². The molecule has 0 aliphatic rings. The summed E-state index contributed by atoms with van der Waals surface area (Å²) >= 11 is 0. The predicted octanol–water partition coefficient (Wildman–Crippen LogP) is 3.60. The minimum Gasteiger partial charge on any atom is -0.486 e. The van der Waals surface area contributed by atoms with E-state index in [-0.39, 0.29) is 17.9 Å². The normalized spacial score (nSPS) is 12.8. The molecule has 0 aromatic heterocycles. The van der Waals surface area contributed by atoms with Gasteiger partial charge in [0, 0.05) is 12.6 Å². The maximum Gasteiger partial charge on any atom is 0.246 e. The second-order valence-corrected chi connectivity index (χ2v) is 6.06. The zero-order valence-electron chi connectivity index (χ0n) is 15.0. The van der Waals surface area contributed by atoms with Gasteiger partial charge < -0.3 is 15.4 Å². The van der Waals surface area contributed by atoms with E-state index in [1.807, 2.05) is 56.3 Å². The number of hydrogen-bond acceptors (Lipinski definition) is 3. The summed E-state index contributed by atoms with van der Waals surface area (Å²) in [4.78, 5) is 23.1. The van der Waals surface area contributed by atoms with Gasteiger partial charge in [0.05, 0.1) is 0 Å². The monoisotopic (exact) mass is 340 g/mol. The Morgan fingerprint density at radius 3 is 2.32 bits per heavy atom. The molecule has 2 N–H and O–H groups in total. The fraction of sp³-hybridized carbons (Fsp3) is 0.300. The van der Waals surface area contributed by atoms with Crippen molar-refractivity contribution in [1.82, 2.24) is 5.32 Å². The lowest BCUT2D eigenvalue weighted by Crippen LogP contribution is -2.40. The highest BCUT2D eigenvalue weighted by atomic mass is 16.5. The highest BCUT2D eigenvalue weighted by Crippen LogP contribution is 2.26. The van der Waals surface area contributed by atoms with Gasteiger partial charge in [-0.05, 0) is 50.1 Å². The van der Waals surface area contributed by atoms with Crippen molar-refractivity contribution in [1.29, 1.82) is 0 Å². The lowest BCUT2D eigenvalue weighted by molar-refractivity contribution is -0.124. The summed E-state index contributed by atoms with van der Waals surface area (Å²) in [6, 6.07) is 14.9. The van der Waals surface area contributed by atoms with Gasteiger partial charge in [-0.3, -0.25) is 9.59 Å². The Morgan fingerprint density at radius 1 is 1.04 bits per heavy atom. The van der Waals surface area contributed by atoms with Gasteiger partial charge in [-0.25, -0.2) is 0 Å². The number of nitrogens with one attached hydrogen (secondary N) is 2. The largest absolute Gasteiger partial charge is 0.486 e. The van der Waals surface area contributed by atoms with E-state index in [1.54, 1.807) is 13.0 Å². The molecule has 2 atom stereocenters. The zero-order valence-corrected chi connectivity index (χ0v) is 15.0. The topological polar surface area (TPSA) is 67.4 Å². The number of ether oxygens (including phenoxy) is 1. The molecular formula is C20H24N2O3. The quantitative estimate of drug-likeness (QED) is 0.844. The van der Waals surface area contributed by atoms with Crippen LogP contribution in [0.2, 0.25) is 0 Å². The maximum absolute atomic E-state index is 12.1. The van der Waals surface area contributed by atoms with Crippen molar-refractivity contribution >= 4 is 17.5 Å². The second kappa shape index (κ2) is 8.33. The molecule has 0 aliphatic heterocycles. The van der Waals surface area contributed by atoms with E-state index in [0.717, 1.165) is 16.9 Å². The molecule has 2 aromatic carbocycles. The van der Waals surface area contributed by atoms with Crippen molar-refractivity contribution in [3.8, 4) is 5.75 Å². The number of hydrogen-bond donors (Lipinski definition) is 2. The first-order chi connectivity index (χ1) is 11.9. The van der Waals surface area contributed by atoms with Crippen molar-refractivity contribution in [2.24, 2.45) is 0 Å². The van der Waals surface area contributed by atoms with Gasteiger partial charge in [-0.15, -0.1) is 0 Å². The molecule has 5 nitrogen and oxygen atoms in total. The van der Waals surface area contributed by atoms with Gasteiger partial charge in [0.1, 0.15) is 17.9 Å².